The second-order valence-corrected chi connectivity index (χ2v) is 7.12. The van der Waals surface area contributed by atoms with Crippen LogP contribution in [-0.4, -0.2) is 33.6 Å². The Morgan fingerprint density at radius 2 is 2.12 bits per heavy atom. The highest BCUT2D eigenvalue weighted by molar-refractivity contribution is 6.35. The molecule has 2 heterocycles. The van der Waals surface area contributed by atoms with E-state index in [0.29, 0.717) is 21.7 Å². The summed E-state index contributed by atoms with van der Waals surface area (Å²) in [5.74, 6) is -0.231. The van der Waals surface area contributed by atoms with E-state index < -0.39 is 11.9 Å². The first kappa shape index (κ1) is 18.7. The Balaban J connectivity index is 1.65. The largest absolute Gasteiger partial charge is 0.486 e. The number of carbonyl (C=O) groups is 1. The van der Waals surface area contributed by atoms with E-state index in [4.69, 9.17) is 27.9 Å². The zero-order chi connectivity index (χ0) is 18.7. The molecule has 6 nitrogen and oxygen atoms in total. The minimum absolute atomic E-state index is 0.0906. The molecule has 1 aliphatic heterocycles. The fraction of sp³-hybridized carbons (Fsp3) is 0.389. The molecule has 2 aromatic rings. The van der Waals surface area contributed by atoms with Crippen molar-refractivity contribution in [3.8, 4) is 5.75 Å². The van der Waals surface area contributed by atoms with Gasteiger partial charge in [-0.05, 0) is 31.9 Å². The summed E-state index contributed by atoms with van der Waals surface area (Å²) in [6.45, 7) is 2.75. The first-order valence-corrected chi connectivity index (χ1v) is 9.09. The van der Waals surface area contributed by atoms with Crippen LogP contribution in [0.4, 0.5) is 5.95 Å². The Labute approximate surface area is 161 Å². The SMILES string of the molecule is CC(C(=O)O)C1CCCN1c1ncc(OCc2ccc(Cl)cc2Cl)cn1. The smallest absolute Gasteiger partial charge is 0.308 e. The van der Waals surface area contributed by atoms with Gasteiger partial charge in [0.25, 0.3) is 0 Å². The lowest BCUT2D eigenvalue weighted by Crippen LogP contribution is -2.38. The van der Waals surface area contributed by atoms with Crippen LogP contribution in [0.3, 0.4) is 0 Å². The summed E-state index contributed by atoms with van der Waals surface area (Å²) >= 11 is 12.0. The molecule has 138 valence electrons. The van der Waals surface area contributed by atoms with Crippen molar-refractivity contribution in [3.05, 3.63) is 46.2 Å². The van der Waals surface area contributed by atoms with Crippen molar-refractivity contribution in [2.45, 2.75) is 32.4 Å². The minimum Gasteiger partial charge on any atom is -0.486 e. The van der Waals surface area contributed by atoms with Crippen LogP contribution in [0.25, 0.3) is 0 Å². The van der Waals surface area contributed by atoms with Crippen LogP contribution < -0.4 is 9.64 Å². The van der Waals surface area contributed by atoms with Crippen LogP contribution in [0.5, 0.6) is 5.75 Å². The lowest BCUT2D eigenvalue weighted by Gasteiger charge is -2.27. The topological polar surface area (TPSA) is 75.5 Å². The van der Waals surface area contributed by atoms with E-state index in [1.54, 1.807) is 31.5 Å². The molecule has 2 unspecified atom stereocenters. The van der Waals surface area contributed by atoms with E-state index in [-0.39, 0.29) is 12.6 Å². The summed E-state index contributed by atoms with van der Waals surface area (Å²) in [5.41, 5.74) is 0.815. The van der Waals surface area contributed by atoms with Gasteiger partial charge in [0.2, 0.25) is 5.95 Å². The zero-order valence-electron chi connectivity index (χ0n) is 14.2. The fourth-order valence-corrected chi connectivity index (χ4v) is 3.52. The summed E-state index contributed by atoms with van der Waals surface area (Å²) in [7, 11) is 0. The number of benzene rings is 1. The number of ether oxygens (including phenoxy) is 1. The Bertz CT molecular complexity index is 786. The molecular weight excluding hydrogens is 377 g/mol. The number of aromatic nitrogens is 2. The van der Waals surface area contributed by atoms with Crippen LogP contribution in [-0.2, 0) is 11.4 Å². The van der Waals surface area contributed by atoms with Gasteiger partial charge in [-0.3, -0.25) is 4.79 Å². The average Bonchev–Trinajstić information content (AvgIpc) is 3.10. The molecular formula is C18H19Cl2N3O3. The number of hydrogen-bond donors (Lipinski definition) is 1. The van der Waals surface area contributed by atoms with Crippen LogP contribution in [0, 0.1) is 5.92 Å². The molecule has 0 saturated carbocycles. The normalized spacial score (nSPS) is 18.0. The average molecular weight is 396 g/mol. The molecule has 0 spiro atoms. The number of carboxylic acid groups (broad SMARTS) is 1. The van der Waals surface area contributed by atoms with E-state index in [2.05, 4.69) is 9.97 Å². The van der Waals surface area contributed by atoms with Gasteiger partial charge < -0.3 is 14.7 Å². The summed E-state index contributed by atoms with van der Waals surface area (Å²) in [4.78, 5) is 21.9. The van der Waals surface area contributed by atoms with Crippen LogP contribution in [0.2, 0.25) is 10.0 Å². The molecule has 0 bridgehead atoms. The van der Waals surface area contributed by atoms with Gasteiger partial charge in [0.15, 0.2) is 5.75 Å². The molecule has 1 N–H and O–H groups in total. The highest BCUT2D eigenvalue weighted by Crippen LogP contribution is 2.28. The predicted molar refractivity (Wildman–Crippen MR) is 100.0 cm³/mol. The Hall–Kier alpha value is -2.05. The van der Waals surface area contributed by atoms with Gasteiger partial charge in [-0.15, -0.1) is 0 Å². The second kappa shape index (κ2) is 8.10. The maximum absolute atomic E-state index is 11.3. The van der Waals surface area contributed by atoms with E-state index in [1.807, 2.05) is 11.0 Å². The Morgan fingerprint density at radius 3 is 2.77 bits per heavy atom. The molecule has 8 heteroatoms. The van der Waals surface area contributed by atoms with Gasteiger partial charge in [0.05, 0.1) is 18.3 Å². The highest BCUT2D eigenvalue weighted by Gasteiger charge is 2.34. The van der Waals surface area contributed by atoms with Gasteiger partial charge in [-0.2, -0.15) is 0 Å². The number of nitrogens with zero attached hydrogens (tertiary/aromatic N) is 3. The van der Waals surface area contributed by atoms with Gasteiger partial charge in [0.1, 0.15) is 6.61 Å². The Kier molecular flexibility index (Phi) is 5.84. The standard InChI is InChI=1S/C18H19Cl2N3O3/c1-11(17(24)25)16-3-2-6-23(16)18-21-8-14(9-22-18)26-10-12-4-5-13(19)7-15(12)20/h4-5,7-9,11,16H,2-3,6,10H2,1H3,(H,24,25). The number of halogens is 2. The maximum atomic E-state index is 11.3. The van der Waals surface area contributed by atoms with Crippen molar-refractivity contribution in [2.24, 2.45) is 5.92 Å². The zero-order valence-corrected chi connectivity index (χ0v) is 15.7. The highest BCUT2D eigenvalue weighted by atomic mass is 35.5. The number of aliphatic carboxylic acids is 1. The van der Waals surface area contributed by atoms with Crippen molar-refractivity contribution >= 4 is 35.1 Å². The quantitative estimate of drug-likeness (QED) is 0.794. The minimum atomic E-state index is -0.804. The van der Waals surface area contributed by atoms with Crippen LogP contribution in [0.15, 0.2) is 30.6 Å². The third-order valence-electron chi connectivity index (χ3n) is 4.55. The molecule has 0 aliphatic carbocycles. The first-order valence-electron chi connectivity index (χ1n) is 8.34. The van der Waals surface area contributed by atoms with Gasteiger partial charge >= 0.3 is 5.97 Å². The van der Waals surface area contributed by atoms with Gasteiger partial charge in [-0.25, -0.2) is 9.97 Å². The monoisotopic (exact) mass is 395 g/mol. The maximum Gasteiger partial charge on any atom is 0.308 e. The van der Waals surface area contributed by atoms with E-state index in [1.165, 1.54) is 0 Å². The molecule has 1 aliphatic rings. The molecule has 2 atom stereocenters. The number of rotatable bonds is 6. The molecule has 1 aromatic carbocycles. The fourth-order valence-electron chi connectivity index (χ4n) is 3.06. The Morgan fingerprint density at radius 1 is 1.38 bits per heavy atom. The number of carboxylic acids is 1. The van der Waals surface area contributed by atoms with Crippen molar-refractivity contribution in [2.75, 3.05) is 11.4 Å². The number of anilines is 1. The predicted octanol–water partition coefficient (Wildman–Crippen LogP) is 4.05. The van der Waals surface area contributed by atoms with Crippen molar-refractivity contribution in [1.82, 2.24) is 9.97 Å². The van der Waals surface area contributed by atoms with E-state index >= 15 is 0 Å². The summed E-state index contributed by atoms with van der Waals surface area (Å²) in [6, 6.07) is 5.13. The molecule has 1 saturated heterocycles. The first-order chi connectivity index (χ1) is 12.5. The lowest BCUT2D eigenvalue weighted by atomic mass is 10.0. The second-order valence-electron chi connectivity index (χ2n) is 6.27. The summed E-state index contributed by atoms with van der Waals surface area (Å²) in [6.07, 6.45) is 4.93. The summed E-state index contributed by atoms with van der Waals surface area (Å²) < 4.78 is 5.68. The van der Waals surface area contributed by atoms with Gasteiger partial charge in [0, 0.05) is 28.2 Å². The van der Waals surface area contributed by atoms with Crippen molar-refractivity contribution < 1.29 is 14.6 Å². The molecule has 1 aromatic heterocycles. The van der Waals surface area contributed by atoms with Crippen LogP contribution >= 0.6 is 23.2 Å². The molecule has 3 rings (SSSR count). The van der Waals surface area contributed by atoms with Gasteiger partial charge in [-0.1, -0.05) is 29.3 Å². The van der Waals surface area contributed by atoms with Crippen molar-refractivity contribution in [3.63, 3.8) is 0 Å². The van der Waals surface area contributed by atoms with Crippen LogP contribution in [0.1, 0.15) is 25.3 Å². The third-order valence-corrected chi connectivity index (χ3v) is 5.13. The van der Waals surface area contributed by atoms with E-state index in [9.17, 15) is 9.90 Å². The lowest BCUT2D eigenvalue weighted by molar-refractivity contribution is -0.141. The third kappa shape index (κ3) is 4.19. The molecule has 0 amide bonds. The summed E-state index contributed by atoms with van der Waals surface area (Å²) in [5, 5.41) is 10.4. The van der Waals surface area contributed by atoms with Crippen molar-refractivity contribution in [1.29, 1.82) is 0 Å². The van der Waals surface area contributed by atoms with E-state index in [0.717, 1.165) is 24.9 Å². The molecule has 26 heavy (non-hydrogen) atoms. The molecule has 0 radical (unpaired) electrons. The molecule has 1 fully saturated rings. The number of hydrogen-bond acceptors (Lipinski definition) is 5.